The molecule has 2 nitrogen and oxygen atoms in total. The minimum atomic E-state index is 0.707. The van der Waals surface area contributed by atoms with E-state index in [9.17, 15) is 0 Å². The van der Waals surface area contributed by atoms with Crippen molar-refractivity contribution in [2.24, 2.45) is 0 Å². The van der Waals surface area contributed by atoms with E-state index in [1.165, 1.54) is 0 Å². The minimum Gasteiger partial charge on any atom is -0.499 e. The van der Waals surface area contributed by atoms with Gasteiger partial charge in [-0.25, -0.2) is 0 Å². The van der Waals surface area contributed by atoms with Crippen LogP contribution in [0.1, 0.15) is 19.4 Å². The second-order valence-corrected chi connectivity index (χ2v) is 2.96. The standard InChI is InChI=1S/C12H16O2/c1-4-14-10(2)9-11-5-7-12(13-3)8-6-11/h5-9H,4H2,1-3H3/b10-9-. The van der Waals surface area contributed by atoms with Gasteiger partial charge in [-0.15, -0.1) is 0 Å². The van der Waals surface area contributed by atoms with Crippen LogP contribution in [0.2, 0.25) is 0 Å². The van der Waals surface area contributed by atoms with Gasteiger partial charge in [-0.1, -0.05) is 12.1 Å². The van der Waals surface area contributed by atoms with Crippen LogP contribution in [0.25, 0.3) is 6.08 Å². The number of benzene rings is 1. The highest BCUT2D eigenvalue weighted by atomic mass is 16.5. The van der Waals surface area contributed by atoms with Gasteiger partial charge in [-0.05, 0) is 37.6 Å². The summed E-state index contributed by atoms with van der Waals surface area (Å²) in [6.07, 6.45) is 2.00. The van der Waals surface area contributed by atoms with Crippen LogP contribution in [0.15, 0.2) is 30.0 Å². The number of allylic oxidation sites excluding steroid dienone is 1. The van der Waals surface area contributed by atoms with E-state index in [2.05, 4.69) is 0 Å². The molecule has 0 heterocycles. The number of hydrogen-bond acceptors (Lipinski definition) is 2. The Bertz CT molecular complexity index is 299. The fourth-order valence-electron chi connectivity index (χ4n) is 1.20. The quantitative estimate of drug-likeness (QED) is 0.682. The lowest BCUT2D eigenvalue weighted by Crippen LogP contribution is -1.86. The van der Waals surface area contributed by atoms with E-state index in [1.807, 2.05) is 44.2 Å². The molecule has 0 radical (unpaired) electrons. The largest absolute Gasteiger partial charge is 0.499 e. The Labute approximate surface area is 85.2 Å². The monoisotopic (exact) mass is 192 g/mol. The second-order valence-electron chi connectivity index (χ2n) is 2.96. The summed E-state index contributed by atoms with van der Waals surface area (Å²) in [6.45, 7) is 4.64. The molecule has 0 atom stereocenters. The Morgan fingerprint density at radius 1 is 1.29 bits per heavy atom. The highest BCUT2D eigenvalue weighted by Gasteiger charge is 1.92. The summed E-state index contributed by atoms with van der Waals surface area (Å²) in [6, 6.07) is 7.87. The van der Waals surface area contributed by atoms with Crippen LogP contribution in [0.3, 0.4) is 0 Å². The topological polar surface area (TPSA) is 18.5 Å². The van der Waals surface area contributed by atoms with Gasteiger partial charge in [0.05, 0.1) is 19.5 Å². The zero-order valence-electron chi connectivity index (χ0n) is 8.91. The Balaban J connectivity index is 2.72. The van der Waals surface area contributed by atoms with E-state index in [-0.39, 0.29) is 0 Å². The molecule has 76 valence electrons. The maximum Gasteiger partial charge on any atom is 0.118 e. The number of hydrogen-bond donors (Lipinski definition) is 0. The Hall–Kier alpha value is -1.44. The molecule has 0 unspecified atom stereocenters. The molecule has 0 aliphatic heterocycles. The average molecular weight is 192 g/mol. The van der Waals surface area contributed by atoms with Crippen molar-refractivity contribution in [2.45, 2.75) is 13.8 Å². The third-order valence-electron chi connectivity index (χ3n) is 1.86. The molecular weight excluding hydrogens is 176 g/mol. The van der Waals surface area contributed by atoms with Crippen LogP contribution in [0.5, 0.6) is 5.75 Å². The van der Waals surface area contributed by atoms with Crippen molar-refractivity contribution in [2.75, 3.05) is 13.7 Å². The van der Waals surface area contributed by atoms with Crippen LogP contribution < -0.4 is 4.74 Å². The number of rotatable bonds is 4. The average Bonchev–Trinajstić information content (AvgIpc) is 2.19. The first-order valence-electron chi connectivity index (χ1n) is 4.71. The van der Waals surface area contributed by atoms with Gasteiger partial charge in [0.1, 0.15) is 5.75 Å². The van der Waals surface area contributed by atoms with Crippen LogP contribution in [-0.4, -0.2) is 13.7 Å². The molecule has 1 rings (SSSR count). The van der Waals surface area contributed by atoms with E-state index >= 15 is 0 Å². The smallest absolute Gasteiger partial charge is 0.118 e. The molecule has 0 amide bonds. The summed E-state index contributed by atoms with van der Waals surface area (Å²) in [7, 11) is 1.66. The lowest BCUT2D eigenvalue weighted by atomic mass is 10.2. The molecule has 0 saturated heterocycles. The first kappa shape index (κ1) is 10.6. The van der Waals surface area contributed by atoms with Gasteiger partial charge in [0.25, 0.3) is 0 Å². The molecule has 1 aromatic rings. The van der Waals surface area contributed by atoms with Gasteiger partial charge in [0, 0.05) is 0 Å². The third-order valence-corrected chi connectivity index (χ3v) is 1.86. The van der Waals surface area contributed by atoms with Crippen molar-refractivity contribution in [1.82, 2.24) is 0 Å². The van der Waals surface area contributed by atoms with Crippen LogP contribution in [-0.2, 0) is 4.74 Å². The van der Waals surface area contributed by atoms with E-state index in [0.717, 1.165) is 17.1 Å². The van der Waals surface area contributed by atoms with Crippen molar-refractivity contribution >= 4 is 6.08 Å². The van der Waals surface area contributed by atoms with Crippen molar-refractivity contribution in [3.8, 4) is 5.75 Å². The Morgan fingerprint density at radius 3 is 2.43 bits per heavy atom. The van der Waals surface area contributed by atoms with Crippen molar-refractivity contribution in [3.63, 3.8) is 0 Å². The predicted octanol–water partition coefficient (Wildman–Crippen LogP) is 3.09. The van der Waals surface area contributed by atoms with Gasteiger partial charge < -0.3 is 9.47 Å². The summed E-state index contributed by atoms with van der Waals surface area (Å²) < 4.78 is 10.4. The molecule has 0 aliphatic carbocycles. The summed E-state index contributed by atoms with van der Waals surface area (Å²) in [5, 5.41) is 0. The molecule has 2 heteroatoms. The SMILES string of the molecule is CCO/C(C)=C\c1ccc(OC)cc1. The molecule has 0 aliphatic rings. The highest BCUT2D eigenvalue weighted by molar-refractivity contribution is 5.52. The van der Waals surface area contributed by atoms with Gasteiger partial charge in [0.15, 0.2) is 0 Å². The van der Waals surface area contributed by atoms with Crippen LogP contribution in [0, 0.1) is 0 Å². The number of methoxy groups -OCH3 is 1. The summed E-state index contributed by atoms with van der Waals surface area (Å²) >= 11 is 0. The molecule has 0 spiro atoms. The summed E-state index contributed by atoms with van der Waals surface area (Å²) in [5.74, 6) is 1.80. The van der Waals surface area contributed by atoms with Crippen molar-refractivity contribution in [3.05, 3.63) is 35.6 Å². The predicted molar refractivity (Wildman–Crippen MR) is 58.3 cm³/mol. The lowest BCUT2D eigenvalue weighted by molar-refractivity contribution is 0.235. The molecule has 14 heavy (non-hydrogen) atoms. The Morgan fingerprint density at radius 2 is 1.93 bits per heavy atom. The molecule has 0 saturated carbocycles. The summed E-state index contributed by atoms with van der Waals surface area (Å²) in [4.78, 5) is 0. The van der Waals surface area contributed by atoms with Crippen molar-refractivity contribution < 1.29 is 9.47 Å². The normalized spacial score (nSPS) is 11.2. The molecule has 0 fully saturated rings. The maximum absolute atomic E-state index is 5.33. The third kappa shape index (κ3) is 3.13. The molecule has 0 aromatic heterocycles. The lowest BCUT2D eigenvalue weighted by Gasteiger charge is -2.03. The van der Waals surface area contributed by atoms with E-state index in [1.54, 1.807) is 7.11 Å². The maximum atomic E-state index is 5.33. The molecule has 1 aromatic carbocycles. The van der Waals surface area contributed by atoms with Crippen LogP contribution in [0.4, 0.5) is 0 Å². The fourth-order valence-corrected chi connectivity index (χ4v) is 1.20. The van der Waals surface area contributed by atoms with Gasteiger partial charge in [-0.3, -0.25) is 0 Å². The highest BCUT2D eigenvalue weighted by Crippen LogP contribution is 2.13. The summed E-state index contributed by atoms with van der Waals surface area (Å²) in [5.41, 5.74) is 1.12. The molecular formula is C12H16O2. The van der Waals surface area contributed by atoms with Crippen LogP contribution >= 0.6 is 0 Å². The second kappa shape index (κ2) is 5.32. The molecule has 0 N–H and O–H groups in total. The van der Waals surface area contributed by atoms with Gasteiger partial charge in [-0.2, -0.15) is 0 Å². The number of ether oxygens (including phenoxy) is 2. The molecule has 0 bridgehead atoms. The first-order valence-corrected chi connectivity index (χ1v) is 4.71. The minimum absolute atomic E-state index is 0.707. The van der Waals surface area contributed by atoms with Crippen molar-refractivity contribution in [1.29, 1.82) is 0 Å². The Kier molecular flexibility index (Phi) is 4.05. The van der Waals surface area contributed by atoms with E-state index in [0.29, 0.717) is 6.61 Å². The fraction of sp³-hybridized carbons (Fsp3) is 0.333. The first-order chi connectivity index (χ1) is 6.76. The van der Waals surface area contributed by atoms with E-state index in [4.69, 9.17) is 9.47 Å². The van der Waals surface area contributed by atoms with Gasteiger partial charge >= 0.3 is 0 Å². The van der Waals surface area contributed by atoms with Gasteiger partial charge in [0.2, 0.25) is 0 Å². The zero-order valence-corrected chi connectivity index (χ0v) is 8.91. The van der Waals surface area contributed by atoms with E-state index < -0.39 is 0 Å². The zero-order chi connectivity index (χ0) is 10.4.